The Labute approximate surface area is 124 Å². The average Bonchev–Trinajstić information content (AvgIpc) is 2.40. The molecule has 0 saturated heterocycles. The molecule has 0 aromatic heterocycles. The van der Waals surface area contributed by atoms with Crippen LogP contribution in [-0.4, -0.2) is 11.0 Å². The van der Waals surface area contributed by atoms with Crippen LogP contribution in [0.15, 0.2) is 18.2 Å². The smallest absolute Gasteiger partial charge is 0.271 e. The molecule has 1 saturated carbocycles. The molecule has 1 aliphatic rings. The van der Waals surface area contributed by atoms with Crippen molar-refractivity contribution in [3.63, 3.8) is 0 Å². The van der Waals surface area contributed by atoms with Crippen LogP contribution < -0.4 is 5.32 Å². The third kappa shape index (κ3) is 3.71. The van der Waals surface area contributed by atoms with Crippen LogP contribution in [0.5, 0.6) is 0 Å². The maximum atomic E-state index is 13.9. The van der Waals surface area contributed by atoms with Crippen molar-refractivity contribution >= 4 is 11.4 Å². The van der Waals surface area contributed by atoms with Gasteiger partial charge in [-0.25, -0.2) is 4.39 Å². The second kappa shape index (κ2) is 6.41. The van der Waals surface area contributed by atoms with Gasteiger partial charge in [0.25, 0.3) is 5.69 Å². The molecule has 0 bridgehead atoms. The minimum Gasteiger partial charge on any atom is -0.379 e. The molecule has 0 heterocycles. The first-order chi connectivity index (χ1) is 9.88. The molecular formula is C16H23FN2O2. The van der Waals surface area contributed by atoms with Crippen molar-refractivity contribution < 1.29 is 9.31 Å². The third-order valence-corrected chi connectivity index (χ3v) is 4.52. The molecule has 116 valence electrons. The van der Waals surface area contributed by atoms with Gasteiger partial charge in [-0.3, -0.25) is 10.1 Å². The van der Waals surface area contributed by atoms with Crippen molar-refractivity contribution in [1.82, 2.24) is 0 Å². The minimum atomic E-state index is -0.492. The molecule has 4 nitrogen and oxygen atoms in total. The number of hydrogen-bond acceptors (Lipinski definition) is 3. The molecule has 1 aliphatic carbocycles. The number of halogens is 1. The zero-order valence-electron chi connectivity index (χ0n) is 12.8. The van der Waals surface area contributed by atoms with Crippen LogP contribution in [0.2, 0.25) is 0 Å². The van der Waals surface area contributed by atoms with E-state index in [1.54, 1.807) is 0 Å². The Morgan fingerprint density at radius 1 is 1.38 bits per heavy atom. The lowest BCUT2D eigenvalue weighted by Gasteiger charge is -2.38. The van der Waals surface area contributed by atoms with Crippen LogP contribution in [0.4, 0.5) is 15.8 Å². The lowest BCUT2D eigenvalue weighted by Crippen LogP contribution is -2.38. The summed E-state index contributed by atoms with van der Waals surface area (Å²) in [5.74, 6) is 1.15. The first-order valence-corrected chi connectivity index (χ1v) is 7.59. The number of nitrogens with zero attached hydrogens (tertiary/aromatic N) is 1. The molecule has 0 spiro atoms. The van der Waals surface area contributed by atoms with Gasteiger partial charge < -0.3 is 5.32 Å². The Morgan fingerprint density at radius 2 is 2.10 bits per heavy atom. The first kappa shape index (κ1) is 15.7. The Bertz CT molecular complexity index is 519. The van der Waals surface area contributed by atoms with Crippen molar-refractivity contribution in [1.29, 1.82) is 0 Å². The highest BCUT2D eigenvalue weighted by Gasteiger charge is 2.31. The third-order valence-electron chi connectivity index (χ3n) is 4.52. The normalized spacial score (nSPS) is 25.9. The summed E-state index contributed by atoms with van der Waals surface area (Å²) in [4.78, 5) is 10.3. The summed E-state index contributed by atoms with van der Waals surface area (Å²) in [6, 6.07) is 3.83. The van der Waals surface area contributed by atoms with Gasteiger partial charge >= 0.3 is 0 Å². The van der Waals surface area contributed by atoms with E-state index in [0.717, 1.165) is 18.9 Å². The highest BCUT2D eigenvalue weighted by molar-refractivity contribution is 5.53. The molecule has 21 heavy (non-hydrogen) atoms. The summed E-state index contributed by atoms with van der Waals surface area (Å²) in [5.41, 5.74) is 0.165. The molecular weight excluding hydrogens is 271 g/mol. The standard InChI is InChI=1S/C16H23FN2O2/c1-10(2)13-6-4-11(3)8-15(13)18-16-9-12(19(20)21)5-7-14(16)17/h5,7,9-11,13,15,18H,4,6,8H2,1-3H3. The summed E-state index contributed by atoms with van der Waals surface area (Å²) < 4.78 is 13.9. The molecule has 0 radical (unpaired) electrons. The van der Waals surface area contributed by atoms with Gasteiger partial charge in [-0.1, -0.05) is 27.2 Å². The van der Waals surface area contributed by atoms with Crippen LogP contribution in [0.25, 0.3) is 0 Å². The number of hydrogen-bond donors (Lipinski definition) is 1. The monoisotopic (exact) mass is 294 g/mol. The quantitative estimate of drug-likeness (QED) is 0.652. The highest BCUT2D eigenvalue weighted by atomic mass is 19.1. The Hall–Kier alpha value is -1.65. The lowest BCUT2D eigenvalue weighted by atomic mass is 9.74. The Morgan fingerprint density at radius 3 is 2.71 bits per heavy atom. The SMILES string of the molecule is CC1CCC(C(C)C)C(Nc2cc([N+](=O)[O-])ccc2F)C1. The van der Waals surface area contributed by atoms with Gasteiger partial charge in [0.2, 0.25) is 0 Å². The van der Waals surface area contributed by atoms with E-state index in [0.29, 0.717) is 17.8 Å². The second-order valence-electron chi connectivity index (χ2n) is 6.50. The maximum Gasteiger partial charge on any atom is 0.271 e. The predicted molar refractivity (Wildman–Crippen MR) is 81.8 cm³/mol. The topological polar surface area (TPSA) is 55.2 Å². The van der Waals surface area contributed by atoms with Crippen LogP contribution in [0.3, 0.4) is 0 Å². The van der Waals surface area contributed by atoms with E-state index in [1.165, 1.54) is 18.6 Å². The molecule has 2 rings (SSSR count). The fourth-order valence-corrected chi connectivity index (χ4v) is 3.31. The van der Waals surface area contributed by atoms with E-state index in [9.17, 15) is 14.5 Å². The van der Waals surface area contributed by atoms with Crippen LogP contribution in [0.1, 0.15) is 40.0 Å². The summed E-state index contributed by atoms with van der Waals surface area (Å²) in [7, 11) is 0. The van der Waals surface area contributed by atoms with E-state index >= 15 is 0 Å². The Balaban J connectivity index is 2.22. The lowest BCUT2D eigenvalue weighted by molar-refractivity contribution is -0.384. The van der Waals surface area contributed by atoms with Crippen LogP contribution in [0, 0.1) is 33.7 Å². The van der Waals surface area contributed by atoms with E-state index in [-0.39, 0.29) is 17.4 Å². The van der Waals surface area contributed by atoms with Crippen molar-refractivity contribution in [2.24, 2.45) is 17.8 Å². The number of non-ortho nitro benzene ring substituents is 1. The van der Waals surface area contributed by atoms with Gasteiger partial charge in [0.1, 0.15) is 5.82 Å². The number of nitrogens with one attached hydrogen (secondary N) is 1. The van der Waals surface area contributed by atoms with Crippen LogP contribution >= 0.6 is 0 Å². The highest BCUT2D eigenvalue weighted by Crippen LogP contribution is 2.36. The number of nitro benzene ring substituents is 1. The predicted octanol–water partition coefficient (Wildman–Crippen LogP) is 4.61. The zero-order valence-corrected chi connectivity index (χ0v) is 12.8. The van der Waals surface area contributed by atoms with Gasteiger partial charge in [0, 0.05) is 18.2 Å². The molecule has 1 aromatic rings. The molecule has 3 unspecified atom stereocenters. The van der Waals surface area contributed by atoms with Crippen molar-refractivity contribution in [3.05, 3.63) is 34.1 Å². The summed E-state index contributed by atoms with van der Waals surface area (Å²) in [6.45, 7) is 6.56. The van der Waals surface area contributed by atoms with Gasteiger partial charge in [0.05, 0.1) is 10.6 Å². The van der Waals surface area contributed by atoms with Gasteiger partial charge in [-0.2, -0.15) is 0 Å². The summed E-state index contributed by atoms with van der Waals surface area (Å²) in [6.07, 6.45) is 3.29. The maximum absolute atomic E-state index is 13.9. The molecule has 0 aliphatic heterocycles. The zero-order chi connectivity index (χ0) is 15.6. The molecule has 5 heteroatoms. The van der Waals surface area contributed by atoms with E-state index < -0.39 is 10.7 Å². The molecule has 1 aromatic carbocycles. The van der Waals surface area contributed by atoms with Gasteiger partial charge in [0.15, 0.2) is 0 Å². The largest absolute Gasteiger partial charge is 0.379 e. The van der Waals surface area contributed by atoms with Gasteiger partial charge in [-0.05, 0) is 36.7 Å². The molecule has 1 N–H and O–H groups in total. The molecule has 3 atom stereocenters. The fraction of sp³-hybridized carbons (Fsp3) is 0.625. The number of rotatable bonds is 4. The second-order valence-corrected chi connectivity index (χ2v) is 6.50. The van der Waals surface area contributed by atoms with Crippen molar-refractivity contribution in [2.45, 2.75) is 46.1 Å². The van der Waals surface area contributed by atoms with Crippen molar-refractivity contribution in [3.8, 4) is 0 Å². The minimum absolute atomic E-state index is 0.0798. The average molecular weight is 294 g/mol. The molecule has 0 amide bonds. The van der Waals surface area contributed by atoms with Crippen molar-refractivity contribution in [2.75, 3.05) is 5.32 Å². The van der Waals surface area contributed by atoms with Gasteiger partial charge in [-0.15, -0.1) is 0 Å². The first-order valence-electron chi connectivity index (χ1n) is 7.59. The number of benzene rings is 1. The fourth-order valence-electron chi connectivity index (χ4n) is 3.31. The Kier molecular flexibility index (Phi) is 4.80. The van der Waals surface area contributed by atoms with E-state index in [2.05, 4.69) is 26.1 Å². The van der Waals surface area contributed by atoms with E-state index in [1.807, 2.05) is 0 Å². The number of anilines is 1. The summed E-state index contributed by atoms with van der Waals surface area (Å²) in [5, 5.41) is 14.1. The van der Waals surface area contributed by atoms with E-state index in [4.69, 9.17) is 0 Å². The number of nitro groups is 1. The summed E-state index contributed by atoms with van der Waals surface area (Å²) >= 11 is 0. The molecule has 1 fully saturated rings. The van der Waals surface area contributed by atoms with Crippen LogP contribution in [-0.2, 0) is 0 Å².